The Morgan fingerprint density at radius 2 is 2.35 bits per heavy atom. The van der Waals surface area contributed by atoms with Gasteiger partial charge in [-0.25, -0.2) is 0 Å². The fraction of sp³-hybridized carbons (Fsp3) is 0.538. The van der Waals surface area contributed by atoms with Crippen LogP contribution in [-0.2, 0) is 6.54 Å². The molecule has 1 aliphatic rings. The van der Waals surface area contributed by atoms with E-state index in [0.29, 0.717) is 0 Å². The van der Waals surface area contributed by atoms with Crippen molar-refractivity contribution in [1.82, 2.24) is 4.90 Å². The Kier molecular flexibility index (Phi) is 4.26. The average Bonchev–Trinajstić information content (AvgIpc) is 2.77. The molecule has 0 amide bonds. The minimum absolute atomic E-state index is 0.225. The van der Waals surface area contributed by atoms with Gasteiger partial charge in [-0.2, -0.15) is 0 Å². The first kappa shape index (κ1) is 12.7. The van der Waals surface area contributed by atoms with E-state index in [9.17, 15) is 5.11 Å². The molecule has 3 nitrogen and oxygen atoms in total. The number of likely N-dealkylation sites (tertiary alicyclic amines) is 1. The quantitative estimate of drug-likeness (QED) is 0.896. The van der Waals surface area contributed by atoms with Gasteiger partial charge in [-0.15, -0.1) is 0 Å². The molecule has 0 saturated carbocycles. The summed E-state index contributed by atoms with van der Waals surface area (Å²) in [7, 11) is 1.67. The van der Waals surface area contributed by atoms with Gasteiger partial charge < -0.3 is 9.84 Å². The number of rotatable bonds is 4. The first-order chi connectivity index (χ1) is 8.24. The van der Waals surface area contributed by atoms with Gasteiger partial charge in [0.2, 0.25) is 0 Å². The Bertz CT molecular complexity index is 384. The standard InChI is InChI=1S/C13H18ClNO2/c1-17-13-5-4-11(14)7-10(13)8-15-6-2-3-12(15)9-16/h4-5,7,12,16H,2-3,6,8-9H2,1H3/t12-/m1/s1. The van der Waals surface area contributed by atoms with Gasteiger partial charge in [0, 0.05) is 23.2 Å². The molecular formula is C13H18ClNO2. The van der Waals surface area contributed by atoms with Gasteiger partial charge in [-0.1, -0.05) is 11.6 Å². The molecule has 0 radical (unpaired) electrons. The van der Waals surface area contributed by atoms with Crippen molar-refractivity contribution in [3.8, 4) is 5.75 Å². The van der Waals surface area contributed by atoms with Crippen LogP contribution in [0.15, 0.2) is 18.2 Å². The number of aliphatic hydroxyl groups is 1. The maximum Gasteiger partial charge on any atom is 0.123 e. The molecular weight excluding hydrogens is 238 g/mol. The second kappa shape index (κ2) is 5.71. The zero-order valence-corrected chi connectivity index (χ0v) is 10.8. The number of aliphatic hydroxyl groups excluding tert-OH is 1. The minimum Gasteiger partial charge on any atom is -0.496 e. The van der Waals surface area contributed by atoms with Gasteiger partial charge >= 0.3 is 0 Å². The van der Waals surface area contributed by atoms with Gasteiger partial charge in [-0.3, -0.25) is 4.90 Å². The fourth-order valence-corrected chi connectivity index (χ4v) is 2.59. The number of ether oxygens (including phenoxy) is 1. The number of hydrogen-bond donors (Lipinski definition) is 1. The monoisotopic (exact) mass is 255 g/mol. The van der Waals surface area contributed by atoms with E-state index < -0.39 is 0 Å². The summed E-state index contributed by atoms with van der Waals surface area (Å²) < 4.78 is 5.33. The molecule has 1 N–H and O–H groups in total. The lowest BCUT2D eigenvalue weighted by atomic mass is 10.1. The summed E-state index contributed by atoms with van der Waals surface area (Å²) in [6.07, 6.45) is 2.22. The highest BCUT2D eigenvalue weighted by Gasteiger charge is 2.24. The Morgan fingerprint density at radius 3 is 3.06 bits per heavy atom. The van der Waals surface area contributed by atoms with Crippen LogP contribution in [0.4, 0.5) is 0 Å². The summed E-state index contributed by atoms with van der Waals surface area (Å²) in [5.74, 6) is 0.859. The van der Waals surface area contributed by atoms with Gasteiger partial charge in [0.1, 0.15) is 5.75 Å². The van der Waals surface area contributed by atoms with Crippen molar-refractivity contribution in [2.45, 2.75) is 25.4 Å². The van der Waals surface area contributed by atoms with Gasteiger partial charge in [0.05, 0.1) is 13.7 Å². The van der Waals surface area contributed by atoms with Gasteiger partial charge in [0.25, 0.3) is 0 Å². The largest absolute Gasteiger partial charge is 0.496 e. The highest BCUT2D eigenvalue weighted by Crippen LogP contribution is 2.27. The van der Waals surface area contributed by atoms with E-state index in [2.05, 4.69) is 4.90 Å². The van der Waals surface area contributed by atoms with Crippen LogP contribution in [0.2, 0.25) is 5.02 Å². The van der Waals surface area contributed by atoms with Crippen molar-refractivity contribution in [3.05, 3.63) is 28.8 Å². The Balaban J connectivity index is 2.14. The number of benzene rings is 1. The molecule has 17 heavy (non-hydrogen) atoms. The van der Waals surface area contributed by atoms with Crippen molar-refractivity contribution in [1.29, 1.82) is 0 Å². The summed E-state index contributed by atoms with van der Waals surface area (Å²) in [6, 6.07) is 5.94. The molecule has 0 bridgehead atoms. The number of nitrogens with zero attached hydrogens (tertiary/aromatic N) is 1. The summed E-state index contributed by atoms with van der Waals surface area (Å²) in [6.45, 7) is 2.04. The Hall–Kier alpha value is -0.770. The molecule has 4 heteroatoms. The lowest BCUT2D eigenvalue weighted by Gasteiger charge is -2.23. The number of halogens is 1. The van der Waals surface area contributed by atoms with Crippen molar-refractivity contribution in [3.63, 3.8) is 0 Å². The van der Waals surface area contributed by atoms with Crippen LogP contribution in [0.5, 0.6) is 5.75 Å². The smallest absolute Gasteiger partial charge is 0.123 e. The van der Waals surface area contributed by atoms with Crippen molar-refractivity contribution < 1.29 is 9.84 Å². The molecule has 0 spiro atoms. The molecule has 1 heterocycles. The summed E-state index contributed by atoms with van der Waals surface area (Å²) in [5.41, 5.74) is 1.08. The third-order valence-corrected chi connectivity index (χ3v) is 3.56. The topological polar surface area (TPSA) is 32.7 Å². The van der Waals surface area contributed by atoms with E-state index >= 15 is 0 Å². The number of methoxy groups -OCH3 is 1. The molecule has 0 aromatic heterocycles. The highest BCUT2D eigenvalue weighted by atomic mass is 35.5. The summed E-state index contributed by atoms with van der Waals surface area (Å²) in [4.78, 5) is 2.29. The highest BCUT2D eigenvalue weighted by molar-refractivity contribution is 6.30. The van der Waals surface area contributed by atoms with Gasteiger partial charge in [0.15, 0.2) is 0 Å². The fourth-order valence-electron chi connectivity index (χ4n) is 2.40. The molecule has 0 unspecified atom stereocenters. The molecule has 1 aromatic rings. The molecule has 1 aromatic carbocycles. The van der Waals surface area contributed by atoms with E-state index in [1.807, 2.05) is 18.2 Å². The lowest BCUT2D eigenvalue weighted by molar-refractivity contribution is 0.152. The minimum atomic E-state index is 0.225. The van der Waals surface area contributed by atoms with E-state index in [1.54, 1.807) is 7.11 Å². The normalized spacial score (nSPS) is 20.8. The predicted octanol–water partition coefficient (Wildman–Crippen LogP) is 2.31. The van der Waals surface area contributed by atoms with Crippen LogP contribution in [-0.4, -0.2) is 36.3 Å². The Morgan fingerprint density at radius 1 is 1.53 bits per heavy atom. The molecule has 1 aliphatic heterocycles. The van der Waals surface area contributed by atoms with E-state index in [-0.39, 0.29) is 12.6 Å². The maximum absolute atomic E-state index is 9.30. The predicted molar refractivity (Wildman–Crippen MR) is 68.5 cm³/mol. The molecule has 1 saturated heterocycles. The van der Waals surface area contributed by atoms with Crippen molar-refractivity contribution in [2.24, 2.45) is 0 Å². The third kappa shape index (κ3) is 2.92. The molecule has 1 atom stereocenters. The molecule has 0 aliphatic carbocycles. The first-order valence-corrected chi connectivity index (χ1v) is 6.29. The van der Waals surface area contributed by atoms with Crippen molar-refractivity contribution >= 4 is 11.6 Å². The van der Waals surface area contributed by atoms with Crippen molar-refractivity contribution in [2.75, 3.05) is 20.3 Å². The zero-order chi connectivity index (χ0) is 12.3. The van der Waals surface area contributed by atoms with E-state index in [1.165, 1.54) is 0 Å². The SMILES string of the molecule is COc1ccc(Cl)cc1CN1CCC[C@@H]1CO. The molecule has 2 rings (SSSR count). The lowest BCUT2D eigenvalue weighted by Crippen LogP contribution is -2.31. The van der Waals surface area contributed by atoms with Gasteiger partial charge in [-0.05, 0) is 37.6 Å². The second-order valence-electron chi connectivity index (χ2n) is 4.41. The van der Waals surface area contributed by atoms with Crippen LogP contribution >= 0.6 is 11.6 Å². The Labute approximate surface area is 107 Å². The third-order valence-electron chi connectivity index (χ3n) is 3.33. The summed E-state index contributed by atoms with van der Waals surface area (Å²) in [5, 5.41) is 10.0. The number of hydrogen-bond acceptors (Lipinski definition) is 3. The maximum atomic E-state index is 9.30. The van der Waals surface area contributed by atoms with Crippen LogP contribution in [0.25, 0.3) is 0 Å². The second-order valence-corrected chi connectivity index (χ2v) is 4.84. The van der Waals surface area contributed by atoms with E-state index in [4.69, 9.17) is 16.3 Å². The molecule has 94 valence electrons. The average molecular weight is 256 g/mol. The van der Waals surface area contributed by atoms with Crippen LogP contribution in [0.1, 0.15) is 18.4 Å². The summed E-state index contributed by atoms with van der Waals surface area (Å²) >= 11 is 6.01. The first-order valence-electron chi connectivity index (χ1n) is 5.92. The molecule has 1 fully saturated rings. The van der Waals surface area contributed by atoms with Crippen LogP contribution < -0.4 is 4.74 Å². The van der Waals surface area contributed by atoms with Crippen LogP contribution in [0, 0.1) is 0 Å². The van der Waals surface area contributed by atoms with Crippen LogP contribution in [0.3, 0.4) is 0 Å². The zero-order valence-electron chi connectivity index (χ0n) is 10.0. The van der Waals surface area contributed by atoms with E-state index in [0.717, 1.165) is 42.3 Å².